The van der Waals surface area contributed by atoms with Crippen LogP contribution in [0, 0.1) is 0 Å². The molecule has 0 aliphatic rings. The first-order valence-corrected chi connectivity index (χ1v) is 11.3. The fraction of sp³-hybridized carbons (Fsp3) is 0.200. The van der Waals surface area contributed by atoms with E-state index in [2.05, 4.69) is 5.10 Å². The van der Waals surface area contributed by atoms with Gasteiger partial charge in [0.25, 0.3) is 0 Å². The van der Waals surface area contributed by atoms with Gasteiger partial charge in [-0.3, -0.25) is 0 Å². The number of rotatable bonds is 7. The van der Waals surface area contributed by atoms with E-state index in [1.807, 2.05) is 30.3 Å². The van der Waals surface area contributed by atoms with Gasteiger partial charge in [0.2, 0.25) is 0 Å². The summed E-state index contributed by atoms with van der Waals surface area (Å²) >= 11 is 1.60. The van der Waals surface area contributed by atoms with Crippen molar-refractivity contribution in [1.82, 2.24) is 9.78 Å². The molecule has 4 rings (SSSR count). The molecule has 1 N–H and O–H groups in total. The molecule has 0 aliphatic carbocycles. The van der Waals surface area contributed by atoms with Crippen molar-refractivity contribution in [2.24, 2.45) is 0 Å². The van der Waals surface area contributed by atoms with E-state index in [0.29, 0.717) is 17.2 Å². The molecule has 0 fully saturated rings. The minimum Gasteiger partial charge on any atom is -0.478 e. The molecule has 5 nitrogen and oxygen atoms in total. The molecular formula is C25H21F3N2O3S. The number of aliphatic carboxylic acids is 1. The van der Waals surface area contributed by atoms with Crippen molar-refractivity contribution in [1.29, 1.82) is 0 Å². The van der Waals surface area contributed by atoms with Crippen molar-refractivity contribution < 1.29 is 27.8 Å². The van der Waals surface area contributed by atoms with Gasteiger partial charge in [-0.15, -0.1) is 11.8 Å². The van der Waals surface area contributed by atoms with Crippen LogP contribution >= 0.6 is 11.8 Å². The molecule has 176 valence electrons. The van der Waals surface area contributed by atoms with Gasteiger partial charge in [0.1, 0.15) is 5.75 Å². The van der Waals surface area contributed by atoms with Crippen molar-refractivity contribution in [2.75, 3.05) is 0 Å². The Morgan fingerprint density at radius 2 is 1.71 bits per heavy atom. The lowest BCUT2D eigenvalue weighted by atomic mass is 10.1. The number of carboxylic acids is 1. The van der Waals surface area contributed by atoms with Crippen LogP contribution in [0.15, 0.2) is 77.8 Å². The summed E-state index contributed by atoms with van der Waals surface area (Å²) < 4.78 is 45.7. The smallest absolute Gasteiger partial charge is 0.416 e. The van der Waals surface area contributed by atoms with Gasteiger partial charge in [0.05, 0.1) is 23.0 Å². The number of aromatic nitrogens is 2. The van der Waals surface area contributed by atoms with Crippen molar-refractivity contribution in [3.8, 4) is 11.4 Å². The van der Waals surface area contributed by atoms with E-state index >= 15 is 0 Å². The van der Waals surface area contributed by atoms with E-state index < -0.39 is 23.3 Å². The van der Waals surface area contributed by atoms with Gasteiger partial charge in [0, 0.05) is 16.0 Å². The van der Waals surface area contributed by atoms with Crippen molar-refractivity contribution in [3.05, 3.63) is 84.1 Å². The molecule has 34 heavy (non-hydrogen) atoms. The number of carbonyl (C=O) groups is 1. The Morgan fingerprint density at radius 3 is 2.32 bits per heavy atom. The third-order valence-corrected chi connectivity index (χ3v) is 6.31. The van der Waals surface area contributed by atoms with E-state index in [9.17, 15) is 23.1 Å². The largest absolute Gasteiger partial charge is 0.478 e. The quantitative estimate of drug-likeness (QED) is 0.299. The molecule has 4 aromatic rings. The number of ether oxygens (including phenoxy) is 1. The number of alkyl halides is 3. The number of hydrogen-bond acceptors (Lipinski definition) is 4. The van der Waals surface area contributed by atoms with Crippen LogP contribution in [-0.2, 0) is 16.7 Å². The number of halogens is 3. The number of nitrogens with zero attached hydrogens (tertiary/aromatic N) is 2. The molecule has 0 spiro atoms. The predicted octanol–water partition coefficient (Wildman–Crippen LogP) is 6.58. The molecule has 0 amide bonds. The van der Waals surface area contributed by atoms with Gasteiger partial charge >= 0.3 is 12.1 Å². The lowest BCUT2D eigenvalue weighted by molar-refractivity contribution is -0.152. The van der Waals surface area contributed by atoms with Crippen LogP contribution in [-0.4, -0.2) is 26.5 Å². The third kappa shape index (κ3) is 5.04. The fourth-order valence-electron chi connectivity index (χ4n) is 3.34. The Morgan fingerprint density at radius 1 is 1.03 bits per heavy atom. The first kappa shape index (κ1) is 23.7. The highest BCUT2D eigenvalue weighted by molar-refractivity contribution is 7.98. The Labute approximate surface area is 198 Å². The van der Waals surface area contributed by atoms with Crippen LogP contribution < -0.4 is 4.74 Å². The minimum absolute atomic E-state index is 0.469. The van der Waals surface area contributed by atoms with Crippen molar-refractivity contribution in [2.45, 2.75) is 36.3 Å². The topological polar surface area (TPSA) is 64.4 Å². The molecule has 0 bridgehead atoms. The normalized spacial score (nSPS) is 12.1. The second kappa shape index (κ2) is 9.06. The summed E-state index contributed by atoms with van der Waals surface area (Å²) in [5.74, 6) is 0.0733. The summed E-state index contributed by atoms with van der Waals surface area (Å²) in [5, 5.41) is 14.5. The second-order valence-corrected chi connectivity index (χ2v) is 9.18. The summed E-state index contributed by atoms with van der Waals surface area (Å²) in [7, 11) is 0. The first-order chi connectivity index (χ1) is 16.0. The zero-order valence-electron chi connectivity index (χ0n) is 18.3. The van der Waals surface area contributed by atoms with E-state index in [1.54, 1.807) is 34.8 Å². The van der Waals surface area contributed by atoms with Gasteiger partial charge in [-0.1, -0.05) is 12.1 Å². The molecule has 0 saturated carbocycles. The standard InChI is InChI=1S/C25H21F3N2O3S/c1-24(2,23(31)32)33-19-10-12-20(13-11-19)34-15-16-4-3-5-22-21(16)14-29-30(22)18-8-6-17(7-9-18)25(26,27)28/h3-14H,15H2,1-2H3,(H,31,32). The highest BCUT2D eigenvalue weighted by atomic mass is 32.2. The van der Waals surface area contributed by atoms with E-state index in [4.69, 9.17) is 4.74 Å². The molecule has 0 saturated heterocycles. The average molecular weight is 487 g/mol. The Kier molecular flexibility index (Phi) is 6.31. The van der Waals surface area contributed by atoms with Gasteiger partial charge in [-0.05, 0) is 74.0 Å². The number of benzene rings is 3. The van der Waals surface area contributed by atoms with Gasteiger partial charge in [0.15, 0.2) is 5.60 Å². The Balaban J connectivity index is 1.50. The van der Waals surface area contributed by atoms with Crippen LogP contribution in [0.3, 0.4) is 0 Å². The first-order valence-electron chi connectivity index (χ1n) is 10.3. The third-order valence-electron chi connectivity index (χ3n) is 5.25. The molecule has 3 aromatic carbocycles. The van der Waals surface area contributed by atoms with Crippen LogP contribution in [0.4, 0.5) is 13.2 Å². The molecule has 0 aliphatic heterocycles. The SMILES string of the molecule is CC(C)(Oc1ccc(SCc2cccc3c2cnn3-c2ccc(C(F)(F)F)cc2)cc1)C(=O)O. The summed E-state index contributed by atoms with van der Waals surface area (Å²) in [5.41, 5.74) is 0.364. The molecule has 1 heterocycles. The van der Waals surface area contributed by atoms with Gasteiger partial charge < -0.3 is 9.84 Å². The number of hydrogen-bond donors (Lipinski definition) is 1. The van der Waals surface area contributed by atoms with Crippen molar-refractivity contribution >= 4 is 28.6 Å². The molecule has 9 heteroatoms. The molecular weight excluding hydrogens is 465 g/mol. The summed E-state index contributed by atoms with van der Waals surface area (Å²) in [6, 6.07) is 17.9. The highest BCUT2D eigenvalue weighted by Gasteiger charge is 2.30. The van der Waals surface area contributed by atoms with E-state index in [0.717, 1.165) is 33.5 Å². The molecule has 1 aromatic heterocycles. The van der Waals surface area contributed by atoms with E-state index in [-0.39, 0.29) is 0 Å². The lowest BCUT2D eigenvalue weighted by Crippen LogP contribution is -2.37. The zero-order chi connectivity index (χ0) is 24.5. The lowest BCUT2D eigenvalue weighted by Gasteiger charge is -2.21. The molecule has 0 atom stereocenters. The maximum atomic E-state index is 12.9. The Bertz CT molecular complexity index is 1310. The van der Waals surface area contributed by atoms with Crippen LogP contribution in [0.1, 0.15) is 25.0 Å². The summed E-state index contributed by atoms with van der Waals surface area (Å²) in [6.07, 6.45) is -2.67. The van der Waals surface area contributed by atoms with E-state index in [1.165, 1.54) is 26.0 Å². The number of fused-ring (bicyclic) bond motifs is 1. The molecule has 0 radical (unpaired) electrons. The average Bonchev–Trinajstić information content (AvgIpc) is 3.22. The summed E-state index contributed by atoms with van der Waals surface area (Å²) in [6.45, 7) is 2.98. The zero-order valence-corrected chi connectivity index (χ0v) is 19.2. The fourth-order valence-corrected chi connectivity index (χ4v) is 4.24. The van der Waals surface area contributed by atoms with Gasteiger partial charge in [-0.25, -0.2) is 9.48 Å². The van der Waals surface area contributed by atoms with Crippen molar-refractivity contribution in [3.63, 3.8) is 0 Å². The maximum absolute atomic E-state index is 12.9. The number of thioether (sulfide) groups is 1. The van der Waals surface area contributed by atoms with Crippen LogP contribution in [0.5, 0.6) is 5.75 Å². The predicted molar refractivity (Wildman–Crippen MR) is 124 cm³/mol. The monoisotopic (exact) mass is 486 g/mol. The summed E-state index contributed by atoms with van der Waals surface area (Å²) in [4.78, 5) is 12.2. The van der Waals surface area contributed by atoms with Crippen LogP contribution in [0.2, 0.25) is 0 Å². The Hall–Kier alpha value is -3.46. The number of carboxylic acid groups (broad SMARTS) is 1. The van der Waals surface area contributed by atoms with Crippen LogP contribution in [0.25, 0.3) is 16.6 Å². The van der Waals surface area contributed by atoms with Gasteiger partial charge in [-0.2, -0.15) is 18.3 Å². The minimum atomic E-state index is -4.38. The maximum Gasteiger partial charge on any atom is 0.416 e. The highest BCUT2D eigenvalue weighted by Crippen LogP contribution is 2.32. The second-order valence-electron chi connectivity index (χ2n) is 8.13. The molecule has 0 unspecified atom stereocenters.